The first kappa shape index (κ1) is 12.0. The summed E-state index contributed by atoms with van der Waals surface area (Å²) < 4.78 is 0. The molecule has 0 saturated heterocycles. The number of nitrogens with zero attached hydrogens (tertiary/aromatic N) is 1. The van der Waals surface area contributed by atoms with E-state index in [1.165, 1.54) is 29.7 Å². The maximum atomic E-state index is 4.37. The Balaban J connectivity index is 1.98. The molecule has 0 fully saturated rings. The molecule has 0 aromatic rings. The summed E-state index contributed by atoms with van der Waals surface area (Å²) in [5, 5.41) is 0. The molecule has 3 rings (SSSR count). The van der Waals surface area contributed by atoms with Crippen LogP contribution in [0.2, 0.25) is 0 Å². The molecular formula is C16H19NS. The van der Waals surface area contributed by atoms with Crippen LogP contribution in [-0.2, 0) is 0 Å². The smallest absolute Gasteiger partial charge is 0.0348 e. The Labute approximate surface area is 113 Å². The minimum absolute atomic E-state index is 0.608. The predicted molar refractivity (Wildman–Crippen MR) is 80.9 cm³/mol. The molecule has 1 unspecified atom stereocenters. The maximum absolute atomic E-state index is 4.37. The normalized spacial score (nSPS) is 27.4. The van der Waals surface area contributed by atoms with Gasteiger partial charge in [0.15, 0.2) is 0 Å². The van der Waals surface area contributed by atoms with Gasteiger partial charge in [-0.25, -0.2) is 0 Å². The summed E-state index contributed by atoms with van der Waals surface area (Å²) >= 11 is 2.02. The first-order chi connectivity index (χ1) is 8.70. The van der Waals surface area contributed by atoms with Gasteiger partial charge in [0.1, 0.15) is 0 Å². The fourth-order valence-electron chi connectivity index (χ4n) is 3.02. The summed E-state index contributed by atoms with van der Waals surface area (Å²) in [5.74, 6) is 0.608. The lowest BCUT2D eigenvalue weighted by atomic mass is 9.82. The van der Waals surface area contributed by atoms with Crippen molar-refractivity contribution in [2.75, 3.05) is 7.05 Å². The highest BCUT2D eigenvalue weighted by molar-refractivity contribution is 8.07. The Kier molecular flexibility index (Phi) is 3.06. The minimum atomic E-state index is 0.608. The average molecular weight is 257 g/mol. The van der Waals surface area contributed by atoms with Crippen molar-refractivity contribution in [1.29, 1.82) is 0 Å². The Morgan fingerprint density at radius 2 is 2.28 bits per heavy atom. The van der Waals surface area contributed by atoms with Gasteiger partial charge in [-0.1, -0.05) is 23.9 Å². The number of hydrogen-bond donors (Lipinski definition) is 0. The summed E-state index contributed by atoms with van der Waals surface area (Å²) in [6.45, 7) is 4.35. The van der Waals surface area contributed by atoms with Crippen LogP contribution in [0.1, 0.15) is 33.1 Å². The van der Waals surface area contributed by atoms with Gasteiger partial charge in [-0.3, -0.25) is 4.99 Å². The molecule has 0 amide bonds. The summed E-state index contributed by atoms with van der Waals surface area (Å²) in [5.41, 5.74) is 5.62. The van der Waals surface area contributed by atoms with Crippen molar-refractivity contribution in [3.63, 3.8) is 0 Å². The van der Waals surface area contributed by atoms with Crippen LogP contribution in [0.4, 0.5) is 0 Å². The van der Waals surface area contributed by atoms with Gasteiger partial charge in [0.2, 0.25) is 0 Å². The fraction of sp³-hybridized carbons (Fsp3) is 0.438. The molecule has 0 N–H and O–H groups in total. The lowest BCUT2D eigenvalue weighted by Crippen LogP contribution is -2.13. The number of thioether (sulfide) groups is 1. The van der Waals surface area contributed by atoms with E-state index >= 15 is 0 Å². The topological polar surface area (TPSA) is 12.4 Å². The molecule has 1 aliphatic heterocycles. The number of allylic oxidation sites excluding steroid dienone is 8. The highest BCUT2D eigenvalue weighted by Crippen LogP contribution is 2.53. The van der Waals surface area contributed by atoms with Crippen molar-refractivity contribution >= 4 is 17.5 Å². The summed E-state index contributed by atoms with van der Waals surface area (Å²) in [7, 11) is 1.89. The maximum Gasteiger partial charge on any atom is 0.0348 e. The predicted octanol–water partition coefficient (Wildman–Crippen LogP) is 4.65. The largest absolute Gasteiger partial charge is 0.293 e. The SMILES string of the molecule is CN=C(C)C1=C(C)C=C2SC3=C(C=CCC3)C2C1. The van der Waals surface area contributed by atoms with Crippen LogP contribution in [0.5, 0.6) is 0 Å². The van der Waals surface area contributed by atoms with E-state index in [9.17, 15) is 0 Å². The van der Waals surface area contributed by atoms with Crippen molar-refractivity contribution in [3.05, 3.63) is 44.8 Å². The van der Waals surface area contributed by atoms with E-state index in [1.54, 1.807) is 15.4 Å². The molecule has 18 heavy (non-hydrogen) atoms. The third kappa shape index (κ3) is 1.83. The van der Waals surface area contributed by atoms with Crippen LogP contribution in [0, 0.1) is 5.92 Å². The Morgan fingerprint density at radius 1 is 1.44 bits per heavy atom. The average Bonchev–Trinajstić information content (AvgIpc) is 2.74. The van der Waals surface area contributed by atoms with Crippen molar-refractivity contribution in [2.24, 2.45) is 10.9 Å². The molecular weight excluding hydrogens is 238 g/mol. The Morgan fingerprint density at radius 3 is 3.06 bits per heavy atom. The van der Waals surface area contributed by atoms with Crippen molar-refractivity contribution in [1.82, 2.24) is 0 Å². The second-order valence-electron chi connectivity index (χ2n) is 5.20. The molecule has 0 radical (unpaired) electrons. The molecule has 3 aliphatic rings. The van der Waals surface area contributed by atoms with Crippen LogP contribution >= 0.6 is 11.8 Å². The van der Waals surface area contributed by atoms with Crippen LogP contribution in [0.15, 0.2) is 49.8 Å². The van der Waals surface area contributed by atoms with Gasteiger partial charge in [-0.2, -0.15) is 0 Å². The molecule has 1 heterocycles. The number of fused-ring (bicyclic) bond motifs is 2. The second-order valence-corrected chi connectivity index (χ2v) is 6.36. The third-order valence-electron chi connectivity index (χ3n) is 4.13. The van der Waals surface area contributed by atoms with Crippen molar-refractivity contribution < 1.29 is 0 Å². The standard InChI is InChI=1S/C16H19NS/c1-10-8-16-14(9-13(10)11(2)17-3)12-6-4-5-7-15(12)18-16/h4,6,8,14H,5,7,9H2,1-3H3. The van der Waals surface area contributed by atoms with Gasteiger partial charge < -0.3 is 0 Å². The van der Waals surface area contributed by atoms with E-state index in [0.29, 0.717) is 5.92 Å². The number of aliphatic imine (C=N–C) groups is 1. The Bertz CT molecular complexity index is 543. The highest BCUT2D eigenvalue weighted by Gasteiger charge is 2.33. The molecule has 1 nitrogen and oxygen atoms in total. The molecule has 0 spiro atoms. The zero-order valence-electron chi connectivity index (χ0n) is 11.3. The van der Waals surface area contributed by atoms with Gasteiger partial charge in [0.25, 0.3) is 0 Å². The van der Waals surface area contributed by atoms with E-state index in [4.69, 9.17) is 0 Å². The summed E-state index contributed by atoms with van der Waals surface area (Å²) in [6, 6.07) is 0. The van der Waals surface area contributed by atoms with Crippen LogP contribution in [0.3, 0.4) is 0 Å². The first-order valence-corrected chi connectivity index (χ1v) is 7.45. The van der Waals surface area contributed by atoms with E-state index < -0.39 is 0 Å². The van der Waals surface area contributed by atoms with Gasteiger partial charge >= 0.3 is 0 Å². The molecule has 2 aliphatic carbocycles. The zero-order valence-corrected chi connectivity index (χ0v) is 12.1. The van der Waals surface area contributed by atoms with Crippen molar-refractivity contribution in [3.8, 4) is 0 Å². The van der Waals surface area contributed by atoms with Gasteiger partial charge in [-0.15, -0.1) is 0 Å². The van der Waals surface area contributed by atoms with E-state index in [1.807, 2.05) is 18.8 Å². The van der Waals surface area contributed by atoms with E-state index in [0.717, 1.165) is 6.42 Å². The molecule has 1 atom stereocenters. The zero-order chi connectivity index (χ0) is 12.7. The van der Waals surface area contributed by atoms with E-state index in [2.05, 4.69) is 37.1 Å². The Hall–Kier alpha value is -1.02. The van der Waals surface area contributed by atoms with E-state index in [-0.39, 0.29) is 0 Å². The van der Waals surface area contributed by atoms with Gasteiger partial charge in [-0.05, 0) is 65.7 Å². The number of rotatable bonds is 1. The van der Waals surface area contributed by atoms with Crippen molar-refractivity contribution in [2.45, 2.75) is 33.1 Å². The summed E-state index contributed by atoms with van der Waals surface area (Å²) in [4.78, 5) is 7.53. The lowest BCUT2D eigenvalue weighted by molar-refractivity contribution is 0.747. The van der Waals surface area contributed by atoms with Crippen LogP contribution in [-0.4, -0.2) is 12.8 Å². The quantitative estimate of drug-likeness (QED) is 0.623. The highest BCUT2D eigenvalue weighted by atomic mass is 32.2. The third-order valence-corrected chi connectivity index (χ3v) is 5.46. The van der Waals surface area contributed by atoms with Gasteiger partial charge in [0.05, 0.1) is 0 Å². The molecule has 0 aromatic heterocycles. The molecule has 0 saturated carbocycles. The molecule has 0 bridgehead atoms. The number of hydrogen-bond acceptors (Lipinski definition) is 2. The fourth-order valence-corrected chi connectivity index (χ4v) is 4.44. The first-order valence-electron chi connectivity index (χ1n) is 6.63. The van der Waals surface area contributed by atoms with Crippen LogP contribution in [0.25, 0.3) is 0 Å². The van der Waals surface area contributed by atoms with Gasteiger partial charge in [0, 0.05) is 18.7 Å². The lowest BCUT2D eigenvalue weighted by Gasteiger charge is -2.23. The minimum Gasteiger partial charge on any atom is -0.293 e. The monoisotopic (exact) mass is 257 g/mol. The second kappa shape index (κ2) is 4.58. The van der Waals surface area contributed by atoms with Crippen LogP contribution < -0.4 is 0 Å². The molecule has 94 valence electrons. The molecule has 0 aromatic carbocycles. The summed E-state index contributed by atoms with van der Waals surface area (Å²) in [6.07, 6.45) is 10.6. The molecule has 2 heteroatoms.